The maximum absolute atomic E-state index is 9.34. The van der Waals surface area contributed by atoms with E-state index in [0.717, 1.165) is 24.2 Å². The van der Waals surface area contributed by atoms with E-state index in [4.69, 9.17) is 0 Å². The highest BCUT2D eigenvalue weighted by Crippen LogP contribution is 2.43. The molecule has 1 N–H and O–H groups in total. The molecule has 2 aromatic rings. The second-order valence-corrected chi connectivity index (χ2v) is 7.25. The molecule has 0 fully saturated rings. The molecule has 0 saturated heterocycles. The Hall–Kier alpha value is -2.29. The lowest BCUT2D eigenvalue weighted by molar-refractivity contribution is 0.381. The van der Waals surface area contributed by atoms with Crippen molar-refractivity contribution in [3.63, 3.8) is 0 Å². The fraction of sp³-hybridized carbons (Fsp3) is 0.381. The number of phenols is 1. The highest BCUT2D eigenvalue weighted by atomic mass is 16.3. The van der Waals surface area contributed by atoms with Gasteiger partial charge in [-0.05, 0) is 80.6 Å². The second kappa shape index (κ2) is 6.31. The molecule has 0 amide bonds. The molecule has 1 heterocycles. The summed E-state index contributed by atoms with van der Waals surface area (Å²) in [4.78, 5) is 7.01. The Balaban J connectivity index is 1.91. The summed E-state index contributed by atoms with van der Waals surface area (Å²) in [5, 5.41) is 9.34. The topological polar surface area (TPSA) is 35.8 Å². The van der Waals surface area contributed by atoms with Gasteiger partial charge in [-0.1, -0.05) is 13.0 Å². The van der Waals surface area contributed by atoms with E-state index in [-0.39, 0.29) is 11.3 Å². The summed E-state index contributed by atoms with van der Waals surface area (Å²) < 4.78 is 0. The fourth-order valence-corrected chi connectivity index (χ4v) is 3.88. The van der Waals surface area contributed by atoms with Crippen LogP contribution < -0.4 is 4.90 Å². The predicted octanol–water partition coefficient (Wildman–Crippen LogP) is 5.25. The van der Waals surface area contributed by atoms with Crippen molar-refractivity contribution < 1.29 is 5.11 Å². The molecule has 0 aromatic heterocycles. The zero-order valence-corrected chi connectivity index (χ0v) is 15.0. The molecule has 0 saturated carbocycles. The largest absolute Gasteiger partial charge is 0.508 e. The van der Waals surface area contributed by atoms with Crippen LogP contribution in [0.1, 0.15) is 51.2 Å². The Kier molecular flexibility index (Phi) is 4.35. The van der Waals surface area contributed by atoms with Gasteiger partial charge >= 0.3 is 0 Å². The van der Waals surface area contributed by atoms with Gasteiger partial charge in [0.15, 0.2) is 0 Å². The fourth-order valence-electron chi connectivity index (χ4n) is 3.88. The quantitative estimate of drug-likeness (QED) is 0.783. The van der Waals surface area contributed by atoms with Crippen molar-refractivity contribution in [2.75, 3.05) is 11.4 Å². The van der Waals surface area contributed by atoms with E-state index in [9.17, 15) is 5.11 Å². The van der Waals surface area contributed by atoms with E-state index in [1.807, 2.05) is 18.3 Å². The van der Waals surface area contributed by atoms with Crippen LogP contribution in [-0.4, -0.2) is 23.4 Å². The van der Waals surface area contributed by atoms with E-state index in [2.05, 4.69) is 55.8 Å². The number of aliphatic imine (C=N–C) groups is 1. The van der Waals surface area contributed by atoms with Crippen molar-refractivity contribution >= 4 is 17.6 Å². The van der Waals surface area contributed by atoms with Gasteiger partial charge in [0.05, 0.1) is 5.69 Å². The lowest BCUT2D eigenvalue weighted by atomic mass is 9.79. The lowest BCUT2D eigenvalue weighted by Gasteiger charge is -2.47. The minimum absolute atomic E-state index is 0.197. The molecule has 0 radical (unpaired) electrons. The van der Waals surface area contributed by atoms with Crippen LogP contribution in [0.5, 0.6) is 5.75 Å². The van der Waals surface area contributed by atoms with Gasteiger partial charge in [0.2, 0.25) is 0 Å². The average Bonchev–Trinajstić information content (AvgIpc) is 2.54. The minimum Gasteiger partial charge on any atom is -0.508 e. The number of aromatic hydroxyl groups is 1. The zero-order chi connectivity index (χ0) is 17.3. The first-order valence-corrected chi connectivity index (χ1v) is 8.65. The monoisotopic (exact) mass is 322 g/mol. The van der Waals surface area contributed by atoms with E-state index in [0.29, 0.717) is 5.92 Å². The molecule has 0 unspecified atom stereocenters. The molecule has 3 rings (SSSR count). The van der Waals surface area contributed by atoms with E-state index < -0.39 is 0 Å². The molecule has 0 bridgehead atoms. The van der Waals surface area contributed by atoms with Gasteiger partial charge in [0.1, 0.15) is 5.75 Å². The molecule has 3 nitrogen and oxygen atoms in total. The molecule has 1 aliphatic rings. The molecule has 1 atom stereocenters. The van der Waals surface area contributed by atoms with Gasteiger partial charge in [-0.25, -0.2) is 0 Å². The number of phenolic OH excluding ortho intramolecular Hbond substituents is 1. The van der Waals surface area contributed by atoms with Crippen molar-refractivity contribution in [3.8, 4) is 5.75 Å². The minimum atomic E-state index is 0.197. The number of rotatable bonds is 3. The van der Waals surface area contributed by atoms with Crippen LogP contribution in [0.3, 0.4) is 0 Å². The predicted molar refractivity (Wildman–Crippen MR) is 102 cm³/mol. The van der Waals surface area contributed by atoms with Crippen LogP contribution in [0.4, 0.5) is 11.4 Å². The first-order chi connectivity index (χ1) is 11.4. The number of hydrogen-bond acceptors (Lipinski definition) is 3. The Bertz CT molecular complexity index is 747. The maximum atomic E-state index is 9.34. The number of benzene rings is 2. The molecule has 2 aromatic carbocycles. The van der Waals surface area contributed by atoms with Crippen molar-refractivity contribution in [3.05, 3.63) is 53.6 Å². The second-order valence-electron chi connectivity index (χ2n) is 7.25. The van der Waals surface area contributed by atoms with Crippen LogP contribution in [0.2, 0.25) is 0 Å². The molecular weight excluding hydrogens is 296 g/mol. The van der Waals surface area contributed by atoms with Crippen LogP contribution in [0, 0.1) is 0 Å². The number of anilines is 1. The van der Waals surface area contributed by atoms with Crippen molar-refractivity contribution in [2.45, 2.75) is 45.6 Å². The third-order valence-electron chi connectivity index (χ3n) is 4.94. The van der Waals surface area contributed by atoms with Crippen LogP contribution in [0.25, 0.3) is 0 Å². The summed E-state index contributed by atoms with van der Waals surface area (Å²) in [6.07, 6.45) is 3.06. The van der Waals surface area contributed by atoms with Crippen LogP contribution >= 0.6 is 0 Å². The average molecular weight is 322 g/mol. The SMILES string of the molecule is CCN1c2ccc(C=Nc3ccc(O)cc3)cc2[C@H](C)CC1(C)C. The smallest absolute Gasteiger partial charge is 0.115 e. The molecule has 24 heavy (non-hydrogen) atoms. The summed E-state index contributed by atoms with van der Waals surface area (Å²) in [6.45, 7) is 10.2. The first-order valence-electron chi connectivity index (χ1n) is 8.65. The summed E-state index contributed by atoms with van der Waals surface area (Å²) in [6, 6.07) is 13.6. The van der Waals surface area contributed by atoms with E-state index >= 15 is 0 Å². The third-order valence-corrected chi connectivity index (χ3v) is 4.94. The molecular formula is C21H26N2O. The lowest BCUT2D eigenvalue weighted by Crippen LogP contribution is -2.48. The van der Waals surface area contributed by atoms with Crippen molar-refractivity contribution in [1.82, 2.24) is 0 Å². The van der Waals surface area contributed by atoms with Gasteiger partial charge in [-0.2, -0.15) is 0 Å². The highest BCUT2D eigenvalue weighted by molar-refractivity contribution is 5.83. The summed E-state index contributed by atoms with van der Waals surface area (Å²) in [5.41, 5.74) is 4.91. The molecule has 0 spiro atoms. The Labute approximate surface area is 144 Å². The van der Waals surface area contributed by atoms with Gasteiger partial charge in [-0.15, -0.1) is 0 Å². The molecule has 1 aliphatic heterocycles. The van der Waals surface area contributed by atoms with Crippen LogP contribution in [-0.2, 0) is 0 Å². The van der Waals surface area contributed by atoms with Gasteiger partial charge in [0.25, 0.3) is 0 Å². The van der Waals surface area contributed by atoms with E-state index in [1.165, 1.54) is 11.3 Å². The number of nitrogens with zero attached hydrogens (tertiary/aromatic N) is 2. The molecule has 0 aliphatic carbocycles. The Morgan fingerprint density at radius 1 is 1.21 bits per heavy atom. The molecule has 126 valence electrons. The Morgan fingerprint density at radius 2 is 1.92 bits per heavy atom. The first kappa shape index (κ1) is 16.6. The maximum Gasteiger partial charge on any atom is 0.115 e. The van der Waals surface area contributed by atoms with Crippen LogP contribution in [0.15, 0.2) is 47.5 Å². The normalized spacial score (nSPS) is 19.5. The standard InChI is InChI=1S/C21H26N2O/c1-5-23-20-11-6-16(12-19(20)15(2)13-21(23,3)4)14-22-17-7-9-18(24)10-8-17/h6-12,14-15,24H,5,13H2,1-4H3/t15-/m1/s1. The van der Waals surface area contributed by atoms with Crippen molar-refractivity contribution in [2.24, 2.45) is 4.99 Å². The highest BCUT2D eigenvalue weighted by Gasteiger charge is 2.35. The number of hydrogen-bond donors (Lipinski definition) is 1. The summed E-state index contributed by atoms with van der Waals surface area (Å²) >= 11 is 0. The molecule has 3 heteroatoms. The summed E-state index contributed by atoms with van der Waals surface area (Å²) in [5.74, 6) is 0.804. The van der Waals surface area contributed by atoms with E-state index in [1.54, 1.807) is 12.1 Å². The van der Waals surface area contributed by atoms with Gasteiger partial charge in [-0.3, -0.25) is 4.99 Å². The Morgan fingerprint density at radius 3 is 2.58 bits per heavy atom. The number of fused-ring (bicyclic) bond motifs is 1. The zero-order valence-electron chi connectivity index (χ0n) is 15.0. The van der Waals surface area contributed by atoms with Gasteiger partial charge in [0, 0.05) is 24.0 Å². The third kappa shape index (κ3) is 3.16. The van der Waals surface area contributed by atoms with Gasteiger partial charge < -0.3 is 10.0 Å². The summed E-state index contributed by atoms with van der Waals surface area (Å²) in [7, 11) is 0. The van der Waals surface area contributed by atoms with Crippen molar-refractivity contribution in [1.29, 1.82) is 0 Å².